The fraction of sp³-hybridized carbons (Fsp3) is 1.00. The summed E-state index contributed by atoms with van der Waals surface area (Å²) in [6.45, 7) is 0. The largest absolute Gasteiger partial charge is 2.00 e. The summed E-state index contributed by atoms with van der Waals surface area (Å²) in [7, 11) is -8.58. The fourth-order valence-electron chi connectivity index (χ4n) is 0.558. The summed E-state index contributed by atoms with van der Waals surface area (Å²) in [5.41, 5.74) is 0. The molecule has 0 N–H and O–H groups in total. The third kappa shape index (κ3) is 15.3. The molecule has 0 unspecified atom stereocenters. The molecule has 0 aromatic heterocycles. The molecule has 13 heavy (non-hydrogen) atoms. The molecule has 0 rings (SSSR count). The quantitative estimate of drug-likeness (QED) is 0.327. The van der Waals surface area contributed by atoms with E-state index in [1.807, 2.05) is 0 Å². The van der Waals surface area contributed by atoms with Crippen molar-refractivity contribution in [1.82, 2.24) is 0 Å². The minimum Gasteiger partial charge on any atom is -0.748 e. The van der Waals surface area contributed by atoms with Gasteiger partial charge in [0, 0.05) is 11.5 Å². The van der Waals surface area contributed by atoms with Crippen molar-refractivity contribution >= 4 is 43.3 Å². The summed E-state index contributed by atoms with van der Waals surface area (Å²) in [4.78, 5) is 0. The van der Waals surface area contributed by atoms with Crippen LogP contribution in [0.3, 0.4) is 0 Å². The second-order valence-electron chi connectivity index (χ2n) is 2.23. The van der Waals surface area contributed by atoms with Gasteiger partial charge in [-0.3, -0.25) is 0 Å². The van der Waals surface area contributed by atoms with E-state index in [-0.39, 0.29) is 35.9 Å². The minimum absolute atomic E-state index is 0. The van der Waals surface area contributed by atoms with Crippen LogP contribution < -0.4 is 0 Å². The fourth-order valence-corrected chi connectivity index (χ4v) is 1.67. The third-order valence-electron chi connectivity index (χ3n) is 1.04. The molecule has 0 atom stereocenters. The summed E-state index contributed by atoms with van der Waals surface area (Å²) in [5.74, 6) is -1.24. The Balaban J connectivity index is 0. The predicted molar refractivity (Wildman–Crippen MR) is 44.1 cm³/mol. The van der Waals surface area contributed by atoms with E-state index in [9.17, 15) is 25.9 Å². The summed E-state index contributed by atoms with van der Waals surface area (Å²) in [5, 5.41) is 0. The number of hydrogen-bond acceptors (Lipinski definition) is 6. The molecule has 0 heterocycles. The van der Waals surface area contributed by atoms with Crippen molar-refractivity contribution in [1.29, 1.82) is 0 Å². The minimum atomic E-state index is -4.29. The van der Waals surface area contributed by atoms with Crippen LogP contribution in [0.1, 0.15) is 12.8 Å². The van der Waals surface area contributed by atoms with Crippen molar-refractivity contribution in [2.45, 2.75) is 12.8 Å². The van der Waals surface area contributed by atoms with Gasteiger partial charge >= 0.3 is 23.1 Å². The number of hydrogen-bond donors (Lipinski definition) is 0. The van der Waals surface area contributed by atoms with Crippen LogP contribution >= 0.6 is 0 Å². The molecule has 0 saturated carbocycles. The maximum Gasteiger partial charge on any atom is 2.00 e. The Morgan fingerprint density at radius 2 is 1.00 bits per heavy atom. The van der Waals surface area contributed by atoms with Crippen LogP contribution in [0.5, 0.6) is 0 Å². The van der Waals surface area contributed by atoms with Crippen LogP contribution in [0.15, 0.2) is 0 Å². The average molecular weight is 241 g/mol. The third-order valence-corrected chi connectivity index (χ3v) is 2.62. The van der Waals surface area contributed by atoms with E-state index in [2.05, 4.69) is 0 Å². The normalized spacial score (nSPS) is 12.2. The SMILES string of the molecule is O=S(=O)([O-])CCCCS(=O)(=O)[O-].[Mg+2]. The zero-order valence-electron chi connectivity index (χ0n) is 6.80. The van der Waals surface area contributed by atoms with E-state index in [4.69, 9.17) is 0 Å². The summed E-state index contributed by atoms with van der Waals surface area (Å²) < 4.78 is 59.8. The first-order valence-corrected chi connectivity index (χ1v) is 6.23. The first-order chi connectivity index (χ1) is 5.21. The van der Waals surface area contributed by atoms with Crippen LogP contribution in [0, 0.1) is 0 Å². The van der Waals surface area contributed by atoms with E-state index in [0.717, 1.165) is 0 Å². The van der Waals surface area contributed by atoms with Crippen LogP contribution in [-0.4, -0.2) is 60.5 Å². The second-order valence-corrected chi connectivity index (χ2v) is 5.28. The molecule has 0 fully saturated rings. The molecule has 0 aliphatic rings. The Labute approximate surface area is 93.4 Å². The molecule has 0 amide bonds. The summed E-state index contributed by atoms with van der Waals surface area (Å²) >= 11 is 0. The van der Waals surface area contributed by atoms with Gasteiger partial charge in [0.15, 0.2) is 0 Å². The topological polar surface area (TPSA) is 114 Å². The van der Waals surface area contributed by atoms with E-state index in [1.165, 1.54) is 0 Å². The zero-order chi connectivity index (χ0) is 9.83. The molecule has 0 aromatic rings. The van der Waals surface area contributed by atoms with E-state index >= 15 is 0 Å². The van der Waals surface area contributed by atoms with Crippen LogP contribution in [0.2, 0.25) is 0 Å². The predicted octanol–water partition coefficient (Wildman–Crippen LogP) is -1.52. The van der Waals surface area contributed by atoms with Gasteiger partial charge in [-0.1, -0.05) is 0 Å². The zero-order valence-corrected chi connectivity index (χ0v) is 9.85. The van der Waals surface area contributed by atoms with Crippen LogP contribution in [0.25, 0.3) is 0 Å². The van der Waals surface area contributed by atoms with E-state index in [0.29, 0.717) is 0 Å². The van der Waals surface area contributed by atoms with Gasteiger partial charge in [0.1, 0.15) is 0 Å². The molecule has 6 nitrogen and oxygen atoms in total. The molecular formula is C4H8MgO6S2. The number of unbranched alkanes of at least 4 members (excludes halogenated alkanes) is 1. The van der Waals surface area contributed by atoms with Gasteiger partial charge in [-0.05, 0) is 12.8 Å². The molecule has 74 valence electrons. The Hall–Kier alpha value is 0.586. The number of rotatable bonds is 5. The van der Waals surface area contributed by atoms with Crippen molar-refractivity contribution in [3.63, 3.8) is 0 Å². The summed E-state index contributed by atoms with van der Waals surface area (Å²) in [6, 6.07) is 0. The summed E-state index contributed by atoms with van der Waals surface area (Å²) in [6.07, 6.45) is -0.180. The Bertz CT molecular complexity index is 283. The van der Waals surface area contributed by atoms with E-state index < -0.39 is 31.7 Å². The second kappa shape index (κ2) is 6.14. The average Bonchev–Trinajstić information content (AvgIpc) is 1.76. The molecule has 0 spiro atoms. The van der Waals surface area contributed by atoms with Gasteiger partial charge in [0.25, 0.3) is 0 Å². The molecule has 0 aliphatic carbocycles. The Morgan fingerprint density at radius 3 is 1.15 bits per heavy atom. The first kappa shape index (κ1) is 16.0. The van der Waals surface area contributed by atoms with E-state index in [1.54, 1.807) is 0 Å². The first-order valence-electron chi connectivity index (χ1n) is 3.08. The van der Waals surface area contributed by atoms with Gasteiger partial charge in [0.05, 0.1) is 20.2 Å². The van der Waals surface area contributed by atoms with Gasteiger partial charge in [0.2, 0.25) is 0 Å². The van der Waals surface area contributed by atoms with Crippen molar-refractivity contribution in [2.75, 3.05) is 11.5 Å². The van der Waals surface area contributed by atoms with Gasteiger partial charge in [-0.2, -0.15) is 0 Å². The maximum atomic E-state index is 9.97. The maximum absolute atomic E-state index is 9.97. The molecule has 0 saturated heterocycles. The van der Waals surface area contributed by atoms with Crippen molar-refractivity contribution in [3.8, 4) is 0 Å². The molecule has 9 heteroatoms. The van der Waals surface area contributed by atoms with Crippen LogP contribution in [0.4, 0.5) is 0 Å². The van der Waals surface area contributed by atoms with Crippen molar-refractivity contribution < 1.29 is 25.9 Å². The standard InChI is InChI=1S/C4H10O6S2.Mg/c5-11(6,7)3-1-2-4-12(8,9)10;/h1-4H2,(H,5,6,7)(H,8,9,10);/q;+2/p-2. The smallest absolute Gasteiger partial charge is 0.748 e. The molecule has 0 aliphatic heterocycles. The Kier molecular flexibility index (Phi) is 7.57. The molecule has 0 radical (unpaired) electrons. The van der Waals surface area contributed by atoms with Crippen LogP contribution in [-0.2, 0) is 20.2 Å². The van der Waals surface area contributed by atoms with Crippen molar-refractivity contribution in [3.05, 3.63) is 0 Å². The molecule has 0 bridgehead atoms. The van der Waals surface area contributed by atoms with Gasteiger partial charge in [-0.15, -0.1) is 0 Å². The Morgan fingerprint density at radius 1 is 0.769 bits per heavy atom. The molecular weight excluding hydrogens is 232 g/mol. The monoisotopic (exact) mass is 240 g/mol. The van der Waals surface area contributed by atoms with Gasteiger partial charge in [-0.25, -0.2) is 16.8 Å². The molecule has 0 aromatic carbocycles. The van der Waals surface area contributed by atoms with Gasteiger partial charge < -0.3 is 9.11 Å². The van der Waals surface area contributed by atoms with Crippen molar-refractivity contribution in [2.24, 2.45) is 0 Å².